The van der Waals surface area contributed by atoms with Crippen molar-refractivity contribution in [2.75, 3.05) is 19.8 Å². The Morgan fingerprint density at radius 2 is 2.55 bits per heavy atom. The summed E-state index contributed by atoms with van der Waals surface area (Å²) in [5, 5.41) is 11.7. The minimum Gasteiger partial charge on any atom is -0.376 e. The van der Waals surface area contributed by atoms with Crippen molar-refractivity contribution in [2.45, 2.75) is 25.5 Å². The van der Waals surface area contributed by atoms with Crippen molar-refractivity contribution < 1.29 is 14.3 Å². The van der Waals surface area contributed by atoms with Gasteiger partial charge in [0.15, 0.2) is 5.82 Å². The van der Waals surface area contributed by atoms with Crippen molar-refractivity contribution in [1.29, 1.82) is 0 Å². The van der Waals surface area contributed by atoms with Gasteiger partial charge in [-0.2, -0.15) is 5.10 Å². The normalized spacial score (nSPS) is 17.7. The summed E-state index contributed by atoms with van der Waals surface area (Å²) in [7, 11) is 0. The van der Waals surface area contributed by atoms with Crippen LogP contribution in [0.3, 0.4) is 0 Å². The number of thiophene rings is 1. The zero-order chi connectivity index (χ0) is 15.2. The van der Waals surface area contributed by atoms with Gasteiger partial charge in [-0.15, -0.1) is 11.3 Å². The molecule has 2 aromatic rings. The third-order valence-corrected chi connectivity index (χ3v) is 4.15. The highest BCUT2D eigenvalue weighted by Crippen LogP contribution is 2.20. The van der Waals surface area contributed by atoms with Crippen LogP contribution in [0.15, 0.2) is 17.5 Å². The van der Waals surface area contributed by atoms with Crippen molar-refractivity contribution in [3.05, 3.63) is 23.3 Å². The van der Waals surface area contributed by atoms with E-state index in [0.29, 0.717) is 24.8 Å². The van der Waals surface area contributed by atoms with Crippen LogP contribution in [0, 0.1) is 0 Å². The number of carbonyl (C=O) groups excluding carboxylic acids is 1. The Balaban J connectivity index is 1.37. The number of aromatic amines is 1. The van der Waals surface area contributed by atoms with Crippen LogP contribution >= 0.6 is 11.3 Å². The van der Waals surface area contributed by atoms with Crippen LogP contribution in [0.4, 0.5) is 0 Å². The molecule has 8 heteroatoms. The Labute approximate surface area is 132 Å². The number of carbonyl (C=O) groups is 1. The topological polar surface area (TPSA) is 89.1 Å². The number of amides is 1. The number of aromatic nitrogens is 3. The summed E-state index contributed by atoms with van der Waals surface area (Å²) in [4.78, 5) is 17.0. The smallest absolute Gasteiger partial charge is 0.246 e. The molecule has 0 unspecified atom stereocenters. The van der Waals surface area contributed by atoms with Crippen LogP contribution in [-0.4, -0.2) is 47.0 Å². The lowest BCUT2D eigenvalue weighted by Gasteiger charge is -2.09. The van der Waals surface area contributed by atoms with E-state index < -0.39 is 0 Å². The summed E-state index contributed by atoms with van der Waals surface area (Å²) < 4.78 is 10.8. The number of hydrogen-bond donors (Lipinski definition) is 2. The van der Waals surface area contributed by atoms with Crippen LogP contribution in [0.5, 0.6) is 0 Å². The molecule has 1 aliphatic rings. The molecular weight excluding hydrogens is 304 g/mol. The molecule has 118 valence electrons. The number of rotatable bonds is 7. The Hall–Kier alpha value is -1.77. The first kappa shape index (κ1) is 15.1. The van der Waals surface area contributed by atoms with Gasteiger partial charge >= 0.3 is 0 Å². The molecule has 7 nitrogen and oxygen atoms in total. The lowest BCUT2D eigenvalue weighted by molar-refractivity contribution is -0.127. The Bertz CT molecular complexity index is 593. The van der Waals surface area contributed by atoms with Gasteiger partial charge in [0.05, 0.1) is 24.1 Å². The van der Waals surface area contributed by atoms with Gasteiger partial charge in [-0.1, -0.05) is 6.07 Å². The fourth-order valence-corrected chi connectivity index (χ4v) is 2.84. The third kappa shape index (κ3) is 4.12. The molecule has 0 saturated carbocycles. The zero-order valence-electron chi connectivity index (χ0n) is 12.1. The Kier molecular flexibility index (Phi) is 5.15. The maximum atomic E-state index is 11.7. The van der Waals surface area contributed by atoms with Gasteiger partial charge in [0.1, 0.15) is 12.4 Å². The van der Waals surface area contributed by atoms with Gasteiger partial charge in [0.2, 0.25) is 5.91 Å². The van der Waals surface area contributed by atoms with Gasteiger partial charge in [-0.3, -0.25) is 9.89 Å². The van der Waals surface area contributed by atoms with Crippen LogP contribution in [-0.2, 0) is 20.8 Å². The highest BCUT2D eigenvalue weighted by molar-refractivity contribution is 7.13. The van der Waals surface area contributed by atoms with Crippen molar-refractivity contribution in [1.82, 2.24) is 20.5 Å². The standard InChI is InChI=1S/C14H18N4O3S/c19-13(9-20-8-10-3-1-5-21-10)15-7-12-16-14(18-17-12)11-4-2-6-22-11/h2,4,6,10H,1,3,5,7-9H2,(H,15,19)(H,16,17,18)/t10-/m0/s1. The molecule has 1 atom stereocenters. The zero-order valence-corrected chi connectivity index (χ0v) is 12.9. The third-order valence-electron chi connectivity index (χ3n) is 3.29. The quantitative estimate of drug-likeness (QED) is 0.803. The molecule has 0 aliphatic carbocycles. The predicted octanol–water partition coefficient (Wildman–Crippen LogP) is 1.34. The number of hydrogen-bond acceptors (Lipinski definition) is 6. The maximum Gasteiger partial charge on any atom is 0.246 e. The first-order valence-electron chi connectivity index (χ1n) is 7.22. The van der Waals surface area contributed by atoms with E-state index in [0.717, 1.165) is 24.3 Å². The summed E-state index contributed by atoms with van der Waals surface area (Å²) in [5.41, 5.74) is 0. The summed E-state index contributed by atoms with van der Waals surface area (Å²) in [6.45, 7) is 1.60. The van der Waals surface area contributed by atoms with E-state index in [1.807, 2.05) is 17.5 Å². The first-order chi connectivity index (χ1) is 10.8. The van der Waals surface area contributed by atoms with Crippen LogP contribution in [0.1, 0.15) is 18.7 Å². The van der Waals surface area contributed by atoms with Gasteiger partial charge in [0.25, 0.3) is 0 Å². The van der Waals surface area contributed by atoms with E-state index in [2.05, 4.69) is 20.5 Å². The second-order valence-corrected chi connectivity index (χ2v) is 5.96. The van der Waals surface area contributed by atoms with E-state index in [-0.39, 0.29) is 18.6 Å². The lowest BCUT2D eigenvalue weighted by Crippen LogP contribution is -2.29. The molecule has 0 spiro atoms. The van der Waals surface area contributed by atoms with Crippen LogP contribution in [0.2, 0.25) is 0 Å². The van der Waals surface area contributed by atoms with Crippen LogP contribution in [0.25, 0.3) is 10.7 Å². The second kappa shape index (κ2) is 7.48. The Morgan fingerprint density at radius 3 is 3.32 bits per heavy atom. The number of ether oxygens (including phenoxy) is 2. The van der Waals surface area contributed by atoms with Crippen molar-refractivity contribution in [3.8, 4) is 10.7 Å². The minimum atomic E-state index is -0.174. The molecular formula is C14H18N4O3S. The molecule has 0 aromatic carbocycles. The first-order valence-corrected chi connectivity index (χ1v) is 8.10. The van der Waals surface area contributed by atoms with Gasteiger partial charge in [-0.05, 0) is 24.3 Å². The summed E-state index contributed by atoms with van der Waals surface area (Å²) in [6, 6.07) is 3.90. The van der Waals surface area contributed by atoms with E-state index in [9.17, 15) is 4.79 Å². The molecule has 0 bridgehead atoms. The van der Waals surface area contributed by atoms with Crippen molar-refractivity contribution >= 4 is 17.2 Å². The van der Waals surface area contributed by atoms with E-state index in [1.54, 1.807) is 11.3 Å². The lowest BCUT2D eigenvalue weighted by atomic mass is 10.2. The molecule has 0 radical (unpaired) electrons. The molecule has 1 saturated heterocycles. The fraction of sp³-hybridized carbons (Fsp3) is 0.500. The number of nitrogens with zero attached hydrogens (tertiary/aromatic N) is 2. The number of H-pyrrole nitrogens is 1. The van der Waals surface area contributed by atoms with E-state index in [1.165, 1.54) is 0 Å². The molecule has 1 amide bonds. The molecule has 22 heavy (non-hydrogen) atoms. The van der Waals surface area contributed by atoms with E-state index in [4.69, 9.17) is 9.47 Å². The van der Waals surface area contributed by atoms with Gasteiger partial charge in [0, 0.05) is 6.61 Å². The van der Waals surface area contributed by atoms with Crippen molar-refractivity contribution in [2.24, 2.45) is 0 Å². The monoisotopic (exact) mass is 322 g/mol. The second-order valence-electron chi connectivity index (χ2n) is 5.01. The highest BCUT2D eigenvalue weighted by Gasteiger charge is 2.16. The van der Waals surface area contributed by atoms with Crippen LogP contribution < -0.4 is 5.32 Å². The highest BCUT2D eigenvalue weighted by atomic mass is 32.1. The molecule has 3 heterocycles. The average Bonchev–Trinajstić information content (AvgIpc) is 3.26. The maximum absolute atomic E-state index is 11.7. The summed E-state index contributed by atoms with van der Waals surface area (Å²) in [5.74, 6) is 1.09. The molecule has 1 aliphatic heterocycles. The van der Waals surface area contributed by atoms with Gasteiger partial charge in [-0.25, -0.2) is 4.98 Å². The Morgan fingerprint density at radius 1 is 1.59 bits per heavy atom. The SMILES string of the molecule is O=C(COC[C@@H]1CCCO1)NCc1nc(-c2cccs2)n[nH]1. The molecule has 2 N–H and O–H groups in total. The largest absolute Gasteiger partial charge is 0.376 e. The number of nitrogens with one attached hydrogen (secondary N) is 2. The van der Waals surface area contributed by atoms with Crippen molar-refractivity contribution in [3.63, 3.8) is 0 Å². The minimum absolute atomic E-state index is 0.0335. The van der Waals surface area contributed by atoms with Gasteiger partial charge < -0.3 is 14.8 Å². The molecule has 2 aromatic heterocycles. The average molecular weight is 322 g/mol. The fourth-order valence-electron chi connectivity index (χ4n) is 2.18. The molecule has 3 rings (SSSR count). The van der Waals surface area contributed by atoms with E-state index >= 15 is 0 Å². The predicted molar refractivity (Wildman–Crippen MR) is 81.3 cm³/mol. The summed E-state index contributed by atoms with van der Waals surface area (Å²) in [6.07, 6.45) is 2.21. The summed E-state index contributed by atoms with van der Waals surface area (Å²) >= 11 is 1.57. The molecule has 1 fully saturated rings.